The number of hydrogen-bond donors (Lipinski definition) is 2. The lowest BCUT2D eigenvalue weighted by Gasteiger charge is -2.33. The first kappa shape index (κ1) is 19.1. The van der Waals surface area contributed by atoms with E-state index in [0.717, 1.165) is 19.6 Å². The smallest absolute Gasteiger partial charge is 0.251 e. The minimum atomic E-state index is -0.256. The highest BCUT2D eigenvalue weighted by molar-refractivity contribution is 5.96. The maximum atomic E-state index is 12.0. The minimum absolute atomic E-state index is 0.0452. The molecule has 0 bridgehead atoms. The van der Waals surface area contributed by atoms with E-state index >= 15 is 0 Å². The van der Waals surface area contributed by atoms with E-state index in [9.17, 15) is 9.59 Å². The Morgan fingerprint density at radius 2 is 1.70 bits per heavy atom. The highest BCUT2D eigenvalue weighted by Gasteiger charge is 2.21. The van der Waals surface area contributed by atoms with Crippen LogP contribution in [0.2, 0.25) is 0 Å². The van der Waals surface area contributed by atoms with Crippen molar-refractivity contribution >= 4 is 11.8 Å². The summed E-state index contributed by atoms with van der Waals surface area (Å²) in [6.07, 6.45) is -0.0452. The number of nitrogens with zero attached hydrogens (tertiary/aromatic N) is 1. The molecule has 3 rings (SSSR count). The molecule has 1 saturated heterocycles. The highest BCUT2D eigenvalue weighted by atomic mass is 16.5. The van der Waals surface area contributed by atoms with Crippen LogP contribution in [0.3, 0.4) is 0 Å². The fraction of sp³-hybridized carbons (Fsp3) is 0.333. The van der Waals surface area contributed by atoms with Crippen molar-refractivity contribution < 1.29 is 14.3 Å². The summed E-state index contributed by atoms with van der Waals surface area (Å²) in [7, 11) is 0. The molecule has 1 heterocycles. The highest BCUT2D eigenvalue weighted by Crippen LogP contribution is 2.10. The Morgan fingerprint density at radius 1 is 1.00 bits per heavy atom. The molecule has 1 fully saturated rings. The number of benzene rings is 2. The third-order valence-electron chi connectivity index (χ3n) is 4.44. The average Bonchev–Trinajstić information content (AvgIpc) is 2.72. The number of morpholine rings is 1. The van der Waals surface area contributed by atoms with Gasteiger partial charge in [-0.1, -0.05) is 48.5 Å². The van der Waals surface area contributed by atoms with Crippen LogP contribution in [0.5, 0.6) is 0 Å². The third kappa shape index (κ3) is 6.20. The fourth-order valence-electron chi connectivity index (χ4n) is 3.03. The van der Waals surface area contributed by atoms with E-state index in [4.69, 9.17) is 4.74 Å². The second-order valence-electron chi connectivity index (χ2n) is 6.57. The fourth-order valence-corrected chi connectivity index (χ4v) is 3.03. The summed E-state index contributed by atoms with van der Waals surface area (Å²) in [4.78, 5) is 26.3. The summed E-state index contributed by atoms with van der Waals surface area (Å²) >= 11 is 0. The Morgan fingerprint density at radius 3 is 2.44 bits per heavy atom. The van der Waals surface area contributed by atoms with Crippen molar-refractivity contribution in [3.8, 4) is 0 Å². The van der Waals surface area contributed by atoms with Crippen LogP contribution in [0.1, 0.15) is 15.9 Å². The van der Waals surface area contributed by atoms with Gasteiger partial charge in [-0.25, -0.2) is 0 Å². The van der Waals surface area contributed by atoms with Crippen molar-refractivity contribution in [2.24, 2.45) is 0 Å². The van der Waals surface area contributed by atoms with E-state index in [-0.39, 0.29) is 24.5 Å². The molecule has 0 spiro atoms. The lowest BCUT2D eigenvalue weighted by molar-refractivity contribution is -0.121. The van der Waals surface area contributed by atoms with Gasteiger partial charge in [0.15, 0.2) is 0 Å². The molecule has 0 radical (unpaired) electrons. The van der Waals surface area contributed by atoms with Gasteiger partial charge in [-0.05, 0) is 17.7 Å². The molecule has 1 atom stereocenters. The van der Waals surface area contributed by atoms with E-state index in [2.05, 4.69) is 27.7 Å². The van der Waals surface area contributed by atoms with Gasteiger partial charge in [-0.15, -0.1) is 0 Å². The Kier molecular flexibility index (Phi) is 6.96. The molecule has 1 aliphatic heterocycles. The van der Waals surface area contributed by atoms with Gasteiger partial charge < -0.3 is 15.4 Å². The Bertz CT molecular complexity index is 737. The van der Waals surface area contributed by atoms with E-state index in [0.29, 0.717) is 18.7 Å². The van der Waals surface area contributed by atoms with Gasteiger partial charge in [0.2, 0.25) is 5.91 Å². The molecular formula is C21H25N3O3. The average molecular weight is 367 g/mol. The predicted molar refractivity (Wildman–Crippen MR) is 103 cm³/mol. The maximum absolute atomic E-state index is 12.0. The molecule has 142 valence electrons. The van der Waals surface area contributed by atoms with Gasteiger partial charge in [0.25, 0.3) is 5.91 Å². The van der Waals surface area contributed by atoms with Crippen LogP contribution in [-0.4, -0.2) is 55.6 Å². The van der Waals surface area contributed by atoms with Gasteiger partial charge in [0.1, 0.15) is 0 Å². The van der Waals surface area contributed by atoms with E-state index in [1.807, 2.05) is 24.3 Å². The topological polar surface area (TPSA) is 70.7 Å². The molecule has 1 aliphatic rings. The molecule has 1 unspecified atom stereocenters. The SMILES string of the molecule is O=C(CNC(=O)c1ccccc1)NCC1CN(Cc2ccccc2)CCO1. The first-order chi connectivity index (χ1) is 13.2. The summed E-state index contributed by atoms with van der Waals surface area (Å²) in [6, 6.07) is 19.2. The zero-order valence-corrected chi connectivity index (χ0v) is 15.3. The lowest BCUT2D eigenvalue weighted by atomic mass is 10.2. The predicted octanol–water partition coefficient (Wildman–Crippen LogP) is 1.43. The summed E-state index contributed by atoms with van der Waals surface area (Å²) in [5, 5.41) is 5.46. The summed E-state index contributed by atoms with van der Waals surface area (Å²) in [5.41, 5.74) is 1.81. The molecule has 6 nitrogen and oxygen atoms in total. The normalized spacial score (nSPS) is 17.3. The molecule has 2 N–H and O–H groups in total. The summed E-state index contributed by atoms with van der Waals surface area (Å²) in [6.45, 7) is 3.57. The van der Waals surface area contributed by atoms with Crippen molar-refractivity contribution in [1.82, 2.24) is 15.5 Å². The van der Waals surface area contributed by atoms with E-state index in [1.165, 1.54) is 5.56 Å². The molecule has 0 saturated carbocycles. The second kappa shape index (κ2) is 9.85. The van der Waals surface area contributed by atoms with Crippen LogP contribution < -0.4 is 10.6 Å². The number of rotatable bonds is 7. The molecule has 0 aliphatic carbocycles. The lowest BCUT2D eigenvalue weighted by Crippen LogP contribution is -2.48. The first-order valence-electron chi connectivity index (χ1n) is 9.18. The molecule has 2 aromatic rings. The van der Waals surface area contributed by atoms with Crippen LogP contribution in [-0.2, 0) is 16.1 Å². The van der Waals surface area contributed by atoms with Crippen LogP contribution in [0.15, 0.2) is 60.7 Å². The van der Waals surface area contributed by atoms with Crippen LogP contribution in [0, 0.1) is 0 Å². The number of amides is 2. The monoisotopic (exact) mass is 367 g/mol. The van der Waals surface area contributed by atoms with E-state index in [1.54, 1.807) is 24.3 Å². The Hall–Kier alpha value is -2.70. The number of hydrogen-bond acceptors (Lipinski definition) is 4. The van der Waals surface area contributed by atoms with Crippen molar-refractivity contribution in [2.45, 2.75) is 12.6 Å². The van der Waals surface area contributed by atoms with Crippen molar-refractivity contribution in [1.29, 1.82) is 0 Å². The van der Waals surface area contributed by atoms with Crippen molar-refractivity contribution in [3.05, 3.63) is 71.8 Å². The molecule has 6 heteroatoms. The van der Waals surface area contributed by atoms with Gasteiger partial charge >= 0.3 is 0 Å². The second-order valence-corrected chi connectivity index (χ2v) is 6.57. The van der Waals surface area contributed by atoms with Crippen LogP contribution >= 0.6 is 0 Å². The third-order valence-corrected chi connectivity index (χ3v) is 4.44. The first-order valence-corrected chi connectivity index (χ1v) is 9.18. The molecule has 2 aromatic carbocycles. The largest absolute Gasteiger partial charge is 0.374 e. The van der Waals surface area contributed by atoms with Gasteiger partial charge in [0, 0.05) is 31.7 Å². The van der Waals surface area contributed by atoms with Crippen LogP contribution in [0.4, 0.5) is 0 Å². The Labute approximate surface area is 159 Å². The number of ether oxygens (including phenoxy) is 1. The standard InChI is InChI=1S/C21H25N3O3/c25-20(14-23-21(26)18-9-5-2-6-10-18)22-13-19-16-24(11-12-27-19)15-17-7-3-1-4-8-17/h1-10,19H,11-16H2,(H,22,25)(H,23,26). The van der Waals surface area contributed by atoms with E-state index < -0.39 is 0 Å². The van der Waals surface area contributed by atoms with Crippen molar-refractivity contribution in [2.75, 3.05) is 32.8 Å². The number of nitrogens with one attached hydrogen (secondary N) is 2. The van der Waals surface area contributed by atoms with Crippen molar-refractivity contribution in [3.63, 3.8) is 0 Å². The van der Waals surface area contributed by atoms with Gasteiger partial charge in [-0.3, -0.25) is 14.5 Å². The summed E-state index contributed by atoms with van der Waals surface area (Å²) in [5.74, 6) is -0.475. The van der Waals surface area contributed by atoms with Gasteiger partial charge in [-0.2, -0.15) is 0 Å². The summed E-state index contributed by atoms with van der Waals surface area (Å²) < 4.78 is 5.75. The van der Waals surface area contributed by atoms with Gasteiger partial charge in [0.05, 0.1) is 19.3 Å². The maximum Gasteiger partial charge on any atom is 0.251 e. The molecule has 27 heavy (non-hydrogen) atoms. The zero-order chi connectivity index (χ0) is 18.9. The molecular weight excluding hydrogens is 342 g/mol. The number of carbonyl (C=O) groups is 2. The Balaban J connectivity index is 1.37. The molecule has 0 aromatic heterocycles. The minimum Gasteiger partial charge on any atom is -0.374 e. The number of carbonyl (C=O) groups excluding carboxylic acids is 2. The van der Waals surface area contributed by atoms with Crippen LogP contribution in [0.25, 0.3) is 0 Å². The quantitative estimate of drug-likeness (QED) is 0.777. The molecule has 2 amide bonds. The zero-order valence-electron chi connectivity index (χ0n) is 15.3.